The van der Waals surface area contributed by atoms with Crippen LogP contribution in [-0.4, -0.2) is 70.6 Å². The number of rotatable bonds is 5. The highest BCUT2D eigenvalue weighted by Crippen LogP contribution is 2.42. The van der Waals surface area contributed by atoms with Gasteiger partial charge in [0.2, 0.25) is 0 Å². The van der Waals surface area contributed by atoms with Gasteiger partial charge in [-0.2, -0.15) is 4.31 Å². The topological polar surface area (TPSA) is 78.7 Å². The Kier molecular flexibility index (Phi) is 6.28. The second-order valence-corrected chi connectivity index (χ2v) is 11.0. The molecule has 2 aliphatic rings. The van der Waals surface area contributed by atoms with Crippen LogP contribution in [0.3, 0.4) is 0 Å². The Bertz CT molecular complexity index is 1240. The van der Waals surface area contributed by atoms with Gasteiger partial charge in [-0.25, -0.2) is 17.8 Å². The Morgan fingerprint density at radius 1 is 1.03 bits per heavy atom. The van der Waals surface area contributed by atoms with Gasteiger partial charge in [0.15, 0.2) is 5.03 Å². The molecule has 9 heteroatoms. The summed E-state index contributed by atoms with van der Waals surface area (Å²) in [7, 11) is -1.94. The number of imidazole rings is 1. The van der Waals surface area contributed by atoms with Crippen LogP contribution in [0, 0.1) is 5.82 Å². The van der Waals surface area contributed by atoms with Crippen molar-refractivity contribution < 1.29 is 17.9 Å². The molecule has 2 fully saturated rings. The van der Waals surface area contributed by atoms with Crippen LogP contribution in [-0.2, 0) is 17.1 Å². The Balaban J connectivity index is 1.41. The highest BCUT2D eigenvalue weighted by Gasteiger charge is 2.50. The Morgan fingerprint density at radius 2 is 1.68 bits per heavy atom. The second kappa shape index (κ2) is 9.22. The molecule has 7 nitrogen and oxygen atoms in total. The standard InChI is InChI=1S/C25H29FN4O3S/c1-28-15-24(27-17-28)34(32,33)29-12-2-3-13-30-22(14-29)25(23(30)16-31)20-6-4-18(5-7-20)19-8-10-21(26)11-9-19/h4-11,15,17,22-23,25,31H,2-3,12-14,16H2,1H3/t22-,23+,25-/m1/s1. The maximum atomic E-state index is 13.3. The van der Waals surface area contributed by atoms with Gasteiger partial charge in [-0.15, -0.1) is 0 Å². The number of aliphatic hydroxyl groups is 1. The summed E-state index contributed by atoms with van der Waals surface area (Å²) in [6.45, 7) is 1.69. The molecule has 0 unspecified atom stereocenters. The minimum Gasteiger partial charge on any atom is -0.395 e. The van der Waals surface area contributed by atoms with E-state index in [9.17, 15) is 17.9 Å². The minimum absolute atomic E-state index is 0.0202. The fourth-order valence-corrected chi connectivity index (χ4v) is 6.78. The largest absolute Gasteiger partial charge is 0.395 e. The Morgan fingerprint density at radius 3 is 2.29 bits per heavy atom. The maximum absolute atomic E-state index is 13.3. The van der Waals surface area contributed by atoms with E-state index in [4.69, 9.17) is 0 Å². The van der Waals surface area contributed by atoms with Crippen LogP contribution in [0.5, 0.6) is 0 Å². The monoisotopic (exact) mass is 484 g/mol. The summed E-state index contributed by atoms with van der Waals surface area (Å²) in [4.78, 5) is 6.34. The van der Waals surface area contributed by atoms with E-state index in [1.54, 1.807) is 28.1 Å². The van der Waals surface area contributed by atoms with Crippen molar-refractivity contribution >= 4 is 10.0 Å². The van der Waals surface area contributed by atoms with Crippen LogP contribution in [0.1, 0.15) is 24.3 Å². The summed E-state index contributed by atoms with van der Waals surface area (Å²) in [5.74, 6) is -0.248. The van der Waals surface area contributed by atoms with Gasteiger partial charge in [-0.05, 0) is 48.2 Å². The van der Waals surface area contributed by atoms with Crippen molar-refractivity contribution in [2.75, 3.05) is 26.2 Å². The number of aryl methyl sites for hydroxylation is 1. The molecule has 1 aromatic heterocycles. The summed E-state index contributed by atoms with van der Waals surface area (Å²) in [5.41, 5.74) is 2.99. The number of aliphatic hydroxyl groups excluding tert-OH is 1. The van der Waals surface area contributed by atoms with E-state index in [2.05, 4.69) is 9.88 Å². The van der Waals surface area contributed by atoms with Gasteiger partial charge in [0.05, 0.1) is 12.9 Å². The number of sulfonamides is 1. The van der Waals surface area contributed by atoms with E-state index in [0.717, 1.165) is 36.1 Å². The van der Waals surface area contributed by atoms with E-state index in [0.29, 0.717) is 13.1 Å². The molecule has 0 radical (unpaired) electrons. The van der Waals surface area contributed by atoms with Gasteiger partial charge in [0, 0.05) is 44.3 Å². The molecule has 34 heavy (non-hydrogen) atoms. The number of hydrogen-bond donors (Lipinski definition) is 1. The lowest BCUT2D eigenvalue weighted by Crippen LogP contribution is -2.67. The second-order valence-electron chi connectivity index (χ2n) is 9.16. The zero-order chi connectivity index (χ0) is 23.9. The van der Waals surface area contributed by atoms with E-state index in [1.807, 2.05) is 24.3 Å². The first-order valence-corrected chi connectivity index (χ1v) is 13.0. The smallest absolute Gasteiger partial charge is 0.262 e. The lowest BCUT2D eigenvalue weighted by atomic mass is 9.74. The predicted molar refractivity (Wildman–Crippen MR) is 127 cm³/mol. The van der Waals surface area contributed by atoms with Gasteiger partial charge in [0.1, 0.15) is 5.82 Å². The molecule has 3 atom stereocenters. The third-order valence-corrected chi connectivity index (χ3v) is 8.84. The number of nitrogens with zero attached hydrogens (tertiary/aromatic N) is 4. The zero-order valence-corrected chi connectivity index (χ0v) is 19.9. The summed E-state index contributed by atoms with van der Waals surface area (Å²) in [6, 6.07) is 14.4. The van der Waals surface area contributed by atoms with Crippen LogP contribution in [0.25, 0.3) is 11.1 Å². The van der Waals surface area contributed by atoms with Crippen molar-refractivity contribution in [3.05, 3.63) is 72.4 Å². The SMILES string of the molecule is Cn1cnc(S(=O)(=O)N2CCCCN3[C@H](C2)[C@@H](c2ccc(-c4ccc(F)cc4)cc2)[C@@H]3CO)c1. The van der Waals surface area contributed by atoms with Crippen molar-refractivity contribution in [2.24, 2.45) is 7.05 Å². The zero-order valence-electron chi connectivity index (χ0n) is 19.1. The highest BCUT2D eigenvalue weighted by molar-refractivity contribution is 7.89. The molecule has 3 heterocycles. The number of halogens is 1. The first-order valence-electron chi connectivity index (χ1n) is 11.6. The van der Waals surface area contributed by atoms with Crippen LogP contribution in [0.2, 0.25) is 0 Å². The molecule has 2 aliphatic heterocycles. The van der Waals surface area contributed by atoms with Gasteiger partial charge < -0.3 is 9.67 Å². The van der Waals surface area contributed by atoms with Crippen molar-refractivity contribution in [3.63, 3.8) is 0 Å². The molecule has 0 aliphatic carbocycles. The average molecular weight is 485 g/mol. The summed E-state index contributed by atoms with van der Waals surface area (Å²) < 4.78 is 43.1. The molecule has 180 valence electrons. The van der Waals surface area contributed by atoms with Crippen LogP contribution in [0.15, 0.2) is 66.1 Å². The molecule has 0 bridgehead atoms. The minimum atomic E-state index is -3.70. The molecule has 0 amide bonds. The van der Waals surface area contributed by atoms with Crippen molar-refractivity contribution in [3.8, 4) is 11.1 Å². The molecule has 0 saturated carbocycles. The van der Waals surface area contributed by atoms with Gasteiger partial charge in [0.25, 0.3) is 10.0 Å². The first kappa shape index (κ1) is 23.2. The highest BCUT2D eigenvalue weighted by atomic mass is 32.2. The van der Waals surface area contributed by atoms with Gasteiger partial charge in [-0.3, -0.25) is 4.90 Å². The van der Waals surface area contributed by atoms with E-state index < -0.39 is 10.0 Å². The first-order chi connectivity index (χ1) is 16.4. The quantitative estimate of drug-likeness (QED) is 0.603. The van der Waals surface area contributed by atoms with Crippen molar-refractivity contribution in [2.45, 2.75) is 35.9 Å². The van der Waals surface area contributed by atoms with E-state index in [-0.39, 0.29) is 35.5 Å². The summed E-state index contributed by atoms with van der Waals surface area (Å²) in [5, 5.41) is 10.2. The Hall–Kier alpha value is -2.59. The van der Waals surface area contributed by atoms with Crippen LogP contribution < -0.4 is 0 Å². The lowest BCUT2D eigenvalue weighted by Gasteiger charge is -2.57. The molecule has 2 saturated heterocycles. The predicted octanol–water partition coefficient (Wildman–Crippen LogP) is 2.84. The lowest BCUT2D eigenvalue weighted by molar-refractivity contribution is -0.0554. The molecule has 0 spiro atoms. The molecule has 1 N–H and O–H groups in total. The maximum Gasteiger partial charge on any atom is 0.262 e. The van der Waals surface area contributed by atoms with E-state index in [1.165, 1.54) is 24.7 Å². The Labute approximate surface area is 199 Å². The number of hydrogen-bond acceptors (Lipinski definition) is 5. The summed E-state index contributed by atoms with van der Waals surface area (Å²) in [6.07, 6.45) is 4.68. The van der Waals surface area contributed by atoms with E-state index >= 15 is 0 Å². The van der Waals surface area contributed by atoms with Gasteiger partial charge >= 0.3 is 0 Å². The number of aromatic nitrogens is 2. The normalized spacial score (nSPS) is 24.1. The number of benzene rings is 2. The average Bonchev–Trinajstić information content (AvgIpc) is 3.26. The molecular formula is C25H29FN4O3S. The van der Waals surface area contributed by atoms with Crippen LogP contribution >= 0.6 is 0 Å². The van der Waals surface area contributed by atoms with Crippen LogP contribution in [0.4, 0.5) is 4.39 Å². The third kappa shape index (κ3) is 4.17. The fraction of sp³-hybridized carbons (Fsp3) is 0.400. The number of fused-ring (bicyclic) bond motifs is 1. The molecule has 2 aromatic carbocycles. The molecule has 3 aromatic rings. The van der Waals surface area contributed by atoms with Crippen molar-refractivity contribution in [1.82, 2.24) is 18.8 Å². The third-order valence-electron chi connectivity index (χ3n) is 7.09. The van der Waals surface area contributed by atoms with Gasteiger partial charge in [-0.1, -0.05) is 36.4 Å². The summed E-state index contributed by atoms with van der Waals surface area (Å²) >= 11 is 0. The molecular weight excluding hydrogens is 455 g/mol. The fourth-order valence-electron chi connectivity index (χ4n) is 5.32. The molecule has 5 rings (SSSR count). The van der Waals surface area contributed by atoms with Crippen molar-refractivity contribution in [1.29, 1.82) is 0 Å².